The molecule has 0 bridgehead atoms. The Morgan fingerprint density at radius 3 is 2.65 bits per heavy atom. The third kappa shape index (κ3) is 3.23. The van der Waals surface area contributed by atoms with Crippen molar-refractivity contribution in [2.75, 3.05) is 6.54 Å². The summed E-state index contributed by atoms with van der Waals surface area (Å²) in [6.45, 7) is 5.09. The first kappa shape index (κ1) is 14.7. The Bertz CT molecular complexity index is 554. The zero-order valence-corrected chi connectivity index (χ0v) is 12.1. The minimum absolute atomic E-state index is 0.117. The molecule has 0 fully saturated rings. The molecule has 2 rings (SSSR count). The normalized spacial score (nSPS) is 12.3. The SMILES string of the molecule is CCCNC(c1ccncc1F)c1ccccc1CC. The van der Waals surface area contributed by atoms with E-state index in [4.69, 9.17) is 0 Å². The lowest BCUT2D eigenvalue weighted by Crippen LogP contribution is -2.25. The van der Waals surface area contributed by atoms with Gasteiger partial charge in [0.2, 0.25) is 0 Å². The Hall–Kier alpha value is -1.74. The second-order valence-electron chi connectivity index (χ2n) is 4.84. The highest BCUT2D eigenvalue weighted by molar-refractivity contribution is 5.37. The Balaban J connectivity index is 2.44. The van der Waals surface area contributed by atoms with Crippen molar-refractivity contribution in [2.24, 2.45) is 0 Å². The van der Waals surface area contributed by atoms with E-state index in [1.54, 1.807) is 12.3 Å². The molecule has 0 aliphatic rings. The van der Waals surface area contributed by atoms with Gasteiger partial charge in [-0.25, -0.2) is 4.39 Å². The van der Waals surface area contributed by atoms with Crippen LogP contribution in [-0.4, -0.2) is 11.5 Å². The van der Waals surface area contributed by atoms with Crippen LogP contribution in [0.4, 0.5) is 4.39 Å². The van der Waals surface area contributed by atoms with E-state index < -0.39 is 0 Å². The van der Waals surface area contributed by atoms with E-state index >= 15 is 0 Å². The Morgan fingerprint density at radius 1 is 1.15 bits per heavy atom. The van der Waals surface area contributed by atoms with Crippen LogP contribution >= 0.6 is 0 Å². The van der Waals surface area contributed by atoms with Gasteiger partial charge in [-0.2, -0.15) is 0 Å². The second-order valence-corrected chi connectivity index (χ2v) is 4.84. The van der Waals surface area contributed by atoms with Gasteiger partial charge < -0.3 is 5.32 Å². The average Bonchev–Trinajstić information content (AvgIpc) is 2.49. The molecule has 2 aromatic rings. The summed E-state index contributed by atoms with van der Waals surface area (Å²) in [5.74, 6) is -0.257. The molecule has 1 aromatic carbocycles. The van der Waals surface area contributed by atoms with Crippen LogP contribution in [0.5, 0.6) is 0 Å². The number of nitrogens with one attached hydrogen (secondary N) is 1. The number of pyridine rings is 1. The zero-order chi connectivity index (χ0) is 14.4. The molecule has 1 N–H and O–H groups in total. The van der Waals surface area contributed by atoms with Crippen LogP contribution in [0, 0.1) is 5.82 Å². The highest BCUT2D eigenvalue weighted by Gasteiger charge is 2.19. The van der Waals surface area contributed by atoms with Crippen LogP contribution < -0.4 is 5.32 Å². The van der Waals surface area contributed by atoms with Crippen molar-refractivity contribution < 1.29 is 4.39 Å². The minimum atomic E-state index is -0.257. The predicted molar refractivity (Wildman–Crippen MR) is 80.2 cm³/mol. The molecule has 106 valence electrons. The lowest BCUT2D eigenvalue weighted by molar-refractivity contribution is 0.541. The number of halogens is 1. The van der Waals surface area contributed by atoms with E-state index in [-0.39, 0.29) is 11.9 Å². The Labute approximate surface area is 120 Å². The van der Waals surface area contributed by atoms with Gasteiger partial charge in [-0.1, -0.05) is 38.1 Å². The summed E-state index contributed by atoms with van der Waals surface area (Å²) >= 11 is 0. The standard InChI is InChI=1S/C17H21FN2/c1-3-10-20-17(15-9-11-19-12-16(15)18)14-8-6-5-7-13(14)4-2/h5-9,11-12,17,20H,3-4,10H2,1-2H3. The number of aromatic nitrogens is 1. The van der Waals surface area contributed by atoms with Gasteiger partial charge in [0.15, 0.2) is 0 Å². The second kappa shape index (κ2) is 7.15. The fourth-order valence-corrected chi connectivity index (χ4v) is 2.43. The van der Waals surface area contributed by atoms with Crippen molar-refractivity contribution in [2.45, 2.75) is 32.7 Å². The average molecular weight is 272 g/mol. The Kier molecular flexibility index (Phi) is 5.24. The minimum Gasteiger partial charge on any atom is -0.306 e. The summed E-state index contributed by atoms with van der Waals surface area (Å²) < 4.78 is 14.1. The molecule has 2 nitrogen and oxygen atoms in total. The highest BCUT2D eigenvalue weighted by atomic mass is 19.1. The van der Waals surface area contributed by atoms with Gasteiger partial charge in [0, 0.05) is 11.8 Å². The van der Waals surface area contributed by atoms with Gasteiger partial charge >= 0.3 is 0 Å². The summed E-state index contributed by atoms with van der Waals surface area (Å²) in [6, 6.07) is 9.86. The van der Waals surface area contributed by atoms with E-state index in [0.29, 0.717) is 5.56 Å². The fourth-order valence-electron chi connectivity index (χ4n) is 2.43. The van der Waals surface area contributed by atoms with Crippen molar-refractivity contribution in [1.29, 1.82) is 0 Å². The molecule has 1 atom stereocenters. The lowest BCUT2D eigenvalue weighted by Gasteiger charge is -2.22. The van der Waals surface area contributed by atoms with Gasteiger partial charge in [-0.05, 0) is 36.6 Å². The van der Waals surface area contributed by atoms with Gasteiger partial charge in [0.1, 0.15) is 5.82 Å². The lowest BCUT2D eigenvalue weighted by atomic mass is 9.93. The molecule has 0 amide bonds. The van der Waals surface area contributed by atoms with Crippen molar-refractivity contribution >= 4 is 0 Å². The van der Waals surface area contributed by atoms with Crippen LogP contribution in [0.3, 0.4) is 0 Å². The van der Waals surface area contributed by atoms with Crippen LogP contribution in [0.15, 0.2) is 42.7 Å². The third-order valence-corrected chi connectivity index (χ3v) is 3.46. The maximum atomic E-state index is 14.1. The van der Waals surface area contributed by atoms with Crippen molar-refractivity contribution in [3.8, 4) is 0 Å². The molecule has 20 heavy (non-hydrogen) atoms. The molecular formula is C17H21FN2. The number of nitrogens with zero attached hydrogens (tertiary/aromatic N) is 1. The number of benzene rings is 1. The summed E-state index contributed by atoms with van der Waals surface area (Å²) in [5.41, 5.74) is 3.06. The summed E-state index contributed by atoms with van der Waals surface area (Å²) in [7, 11) is 0. The molecule has 0 saturated heterocycles. The quantitative estimate of drug-likeness (QED) is 0.863. The monoisotopic (exact) mass is 272 g/mol. The first-order chi connectivity index (χ1) is 9.77. The molecule has 1 aromatic heterocycles. The van der Waals surface area contributed by atoms with E-state index in [1.807, 2.05) is 12.1 Å². The smallest absolute Gasteiger partial charge is 0.146 e. The topological polar surface area (TPSA) is 24.9 Å². The number of hydrogen-bond acceptors (Lipinski definition) is 2. The van der Waals surface area contributed by atoms with Gasteiger partial charge in [-0.3, -0.25) is 4.98 Å². The molecule has 0 spiro atoms. The van der Waals surface area contributed by atoms with Crippen LogP contribution in [-0.2, 0) is 6.42 Å². The van der Waals surface area contributed by atoms with Crippen LogP contribution in [0.25, 0.3) is 0 Å². The molecule has 0 radical (unpaired) electrons. The number of aryl methyl sites for hydroxylation is 1. The molecular weight excluding hydrogens is 251 g/mol. The molecule has 0 saturated carbocycles. The predicted octanol–water partition coefficient (Wildman–Crippen LogP) is 3.87. The fraction of sp³-hybridized carbons (Fsp3) is 0.353. The van der Waals surface area contributed by atoms with Crippen LogP contribution in [0.2, 0.25) is 0 Å². The summed E-state index contributed by atoms with van der Waals surface area (Å²) in [4.78, 5) is 3.84. The molecule has 1 unspecified atom stereocenters. The van der Waals surface area contributed by atoms with Crippen molar-refractivity contribution in [1.82, 2.24) is 10.3 Å². The van der Waals surface area contributed by atoms with Crippen molar-refractivity contribution in [3.05, 3.63) is 65.2 Å². The largest absolute Gasteiger partial charge is 0.306 e. The van der Waals surface area contributed by atoms with Crippen LogP contribution in [0.1, 0.15) is 43.0 Å². The highest BCUT2D eigenvalue weighted by Crippen LogP contribution is 2.27. The molecule has 3 heteroatoms. The van der Waals surface area contributed by atoms with E-state index in [2.05, 4.69) is 36.3 Å². The maximum Gasteiger partial charge on any atom is 0.146 e. The molecule has 0 aliphatic carbocycles. The summed E-state index contributed by atoms with van der Waals surface area (Å²) in [6.07, 6.45) is 4.88. The van der Waals surface area contributed by atoms with E-state index in [1.165, 1.54) is 11.8 Å². The van der Waals surface area contributed by atoms with Gasteiger partial charge in [-0.15, -0.1) is 0 Å². The van der Waals surface area contributed by atoms with Gasteiger partial charge in [0.25, 0.3) is 0 Å². The van der Waals surface area contributed by atoms with E-state index in [9.17, 15) is 4.39 Å². The first-order valence-corrected chi connectivity index (χ1v) is 7.18. The van der Waals surface area contributed by atoms with Gasteiger partial charge in [0.05, 0.1) is 12.2 Å². The first-order valence-electron chi connectivity index (χ1n) is 7.18. The zero-order valence-electron chi connectivity index (χ0n) is 12.1. The summed E-state index contributed by atoms with van der Waals surface area (Å²) in [5, 5.41) is 3.45. The van der Waals surface area contributed by atoms with E-state index in [0.717, 1.165) is 24.9 Å². The maximum absolute atomic E-state index is 14.1. The third-order valence-electron chi connectivity index (χ3n) is 3.46. The molecule has 1 heterocycles. The van der Waals surface area contributed by atoms with Crippen molar-refractivity contribution in [3.63, 3.8) is 0 Å². The number of hydrogen-bond donors (Lipinski definition) is 1. The molecule has 0 aliphatic heterocycles. The number of rotatable bonds is 6. The Morgan fingerprint density at radius 2 is 1.95 bits per heavy atom.